The number of aryl methyl sites for hydroxylation is 1. The minimum Gasteiger partial charge on any atom is -0.482 e. The summed E-state index contributed by atoms with van der Waals surface area (Å²) in [5, 5.41) is 9.48. The number of amides is 1. The van der Waals surface area contributed by atoms with Gasteiger partial charge in [-0.3, -0.25) is 4.79 Å². The van der Waals surface area contributed by atoms with Crippen LogP contribution in [-0.2, 0) is 4.79 Å². The molecule has 0 saturated heterocycles. The Morgan fingerprint density at radius 1 is 1.16 bits per heavy atom. The van der Waals surface area contributed by atoms with Crippen molar-refractivity contribution < 1.29 is 13.9 Å². The molecule has 0 atom stereocenters. The lowest BCUT2D eigenvalue weighted by Gasteiger charge is -2.18. The highest BCUT2D eigenvalue weighted by molar-refractivity contribution is 7.07. The molecule has 0 spiro atoms. The van der Waals surface area contributed by atoms with Crippen molar-refractivity contribution >= 4 is 34.8 Å². The van der Waals surface area contributed by atoms with Gasteiger partial charge >= 0.3 is 0 Å². The number of ether oxygens (including phenoxy) is 1. The number of para-hydroxylation sites is 1. The van der Waals surface area contributed by atoms with Gasteiger partial charge < -0.3 is 14.5 Å². The van der Waals surface area contributed by atoms with Crippen LogP contribution < -0.4 is 14.9 Å². The van der Waals surface area contributed by atoms with Crippen LogP contribution in [0.3, 0.4) is 0 Å². The molecule has 0 aliphatic carbocycles. The van der Waals surface area contributed by atoms with Gasteiger partial charge in [0.05, 0.1) is 29.5 Å². The second-order valence-electron chi connectivity index (χ2n) is 6.92. The number of fused-ring (bicyclic) bond motifs is 1. The number of carbonyl (C=O) groups excluding carboxylic acids is 1. The average Bonchev–Trinajstić information content (AvgIpc) is 3.43. The molecular formula is C23H18N4O3S. The molecule has 2 aromatic carbocycles. The van der Waals surface area contributed by atoms with Gasteiger partial charge in [0, 0.05) is 10.9 Å². The average molecular weight is 430 g/mol. The van der Waals surface area contributed by atoms with Crippen LogP contribution in [0.1, 0.15) is 11.3 Å². The Hall–Kier alpha value is -3.91. The van der Waals surface area contributed by atoms with E-state index in [9.17, 15) is 4.79 Å². The lowest BCUT2D eigenvalue weighted by molar-refractivity contribution is -0.118. The van der Waals surface area contributed by atoms with Crippen molar-refractivity contribution in [2.45, 2.75) is 6.92 Å². The van der Waals surface area contributed by atoms with E-state index in [4.69, 9.17) is 14.1 Å². The summed E-state index contributed by atoms with van der Waals surface area (Å²) < 4.78 is 12.6. The molecule has 4 aromatic rings. The highest BCUT2D eigenvalue weighted by atomic mass is 32.1. The second-order valence-corrected chi connectivity index (χ2v) is 7.76. The van der Waals surface area contributed by atoms with Gasteiger partial charge in [0.1, 0.15) is 11.5 Å². The Labute approximate surface area is 182 Å². The first-order valence-corrected chi connectivity index (χ1v) is 10.5. The SMILES string of the molecule is Cc1ccccc1N=c1scc(-c2ccc3c(c2)NC(=O)CO3)n1N=Cc1ccco1. The molecule has 1 aliphatic heterocycles. The maximum absolute atomic E-state index is 11.7. The number of nitrogens with zero attached hydrogens (tertiary/aromatic N) is 3. The Morgan fingerprint density at radius 3 is 2.90 bits per heavy atom. The van der Waals surface area contributed by atoms with Crippen LogP contribution in [0, 0.1) is 6.92 Å². The molecule has 5 rings (SSSR count). The third-order valence-electron chi connectivity index (χ3n) is 4.77. The molecule has 2 aromatic heterocycles. The number of benzene rings is 2. The molecule has 8 heteroatoms. The van der Waals surface area contributed by atoms with Crippen molar-refractivity contribution in [3.8, 4) is 17.0 Å². The normalized spacial score (nSPS) is 13.8. The van der Waals surface area contributed by atoms with E-state index in [0.717, 1.165) is 22.5 Å². The van der Waals surface area contributed by atoms with Crippen molar-refractivity contribution in [1.29, 1.82) is 0 Å². The van der Waals surface area contributed by atoms with E-state index in [1.807, 2.05) is 66.9 Å². The van der Waals surface area contributed by atoms with Gasteiger partial charge in [-0.2, -0.15) is 5.10 Å². The summed E-state index contributed by atoms with van der Waals surface area (Å²) in [4.78, 5) is 17.3. The standard InChI is InChI=1S/C23H18N4O3S/c1-15-5-2-3-7-18(15)26-23-27(24-12-17-6-4-10-29-17)20(14-31-23)16-8-9-21-19(11-16)25-22(28)13-30-21/h2-12,14H,13H2,1H3,(H,25,28). The predicted octanol–water partition coefficient (Wildman–Crippen LogP) is 4.56. The van der Waals surface area contributed by atoms with E-state index in [0.29, 0.717) is 22.0 Å². The number of aromatic nitrogens is 1. The quantitative estimate of drug-likeness (QED) is 0.482. The van der Waals surface area contributed by atoms with Crippen LogP contribution in [0.15, 0.2) is 80.8 Å². The molecule has 1 N–H and O–H groups in total. The zero-order chi connectivity index (χ0) is 21.2. The molecule has 0 unspecified atom stereocenters. The minimum absolute atomic E-state index is 0.0255. The Morgan fingerprint density at radius 2 is 2.06 bits per heavy atom. The molecule has 0 radical (unpaired) electrons. The van der Waals surface area contributed by atoms with E-state index in [2.05, 4.69) is 10.4 Å². The first kappa shape index (κ1) is 19.1. The third kappa shape index (κ3) is 3.93. The third-order valence-corrected chi connectivity index (χ3v) is 5.58. The molecule has 0 saturated carbocycles. The fourth-order valence-corrected chi connectivity index (χ4v) is 4.05. The summed E-state index contributed by atoms with van der Waals surface area (Å²) >= 11 is 1.48. The molecule has 7 nitrogen and oxygen atoms in total. The molecule has 1 aliphatic rings. The van der Waals surface area contributed by atoms with Gasteiger partial charge in [0.25, 0.3) is 5.91 Å². The lowest BCUT2D eigenvalue weighted by atomic mass is 10.1. The monoisotopic (exact) mass is 430 g/mol. The minimum atomic E-state index is -0.172. The Kier molecular flexibility index (Phi) is 4.97. The number of anilines is 1. The van der Waals surface area contributed by atoms with Gasteiger partial charge in [0.2, 0.25) is 4.80 Å². The van der Waals surface area contributed by atoms with Crippen LogP contribution in [0.2, 0.25) is 0 Å². The van der Waals surface area contributed by atoms with Crippen LogP contribution in [0.5, 0.6) is 5.75 Å². The fraction of sp³-hybridized carbons (Fsp3) is 0.0870. The summed E-state index contributed by atoms with van der Waals surface area (Å²) in [6.07, 6.45) is 3.25. The smallest absolute Gasteiger partial charge is 0.262 e. The zero-order valence-corrected chi connectivity index (χ0v) is 17.4. The zero-order valence-electron chi connectivity index (χ0n) is 16.6. The van der Waals surface area contributed by atoms with Crippen LogP contribution in [-0.4, -0.2) is 23.4 Å². The van der Waals surface area contributed by atoms with Crippen molar-refractivity contribution in [3.63, 3.8) is 0 Å². The number of hydrogen-bond donors (Lipinski definition) is 1. The molecular weight excluding hydrogens is 412 g/mol. The van der Waals surface area contributed by atoms with Gasteiger partial charge in [-0.05, 0) is 48.9 Å². The van der Waals surface area contributed by atoms with E-state index >= 15 is 0 Å². The maximum Gasteiger partial charge on any atom is 0.262 e. The van der Waals surface area contributed by atoms with E-state index < -0.39 is 0 Å². The number of nitrogens with one attached hydrogen (secondary N) is 1. The van der Waals surface area contributed by atoms with Crippen molar-refractivity contribution in [2.75, 3.05) is 11.9 Å². The van der Waals surface area contributed by atoms with E-state index in [1.165, 1.54) is 11.3 Å². The second kappa shape index (κ2) is 8.08. The molecule has 1 amide bonds. The maximum atomic E-state index is 11.7. The van der Waals surface area contributed by atoms with E-state index in [1.54, 1.807) is 17.2 Å². The Bertz CT molecular complexity index is 1350. The van der Waals surface area contributed by atoms with Crippen LogP contribution in [0.25, 0.3) is 11.3 Å². The molecule has 0 bridgehead atoms. The predicted molar refractivity (Wildman–Crippen MR) is 120 cm³/mol. The van der Waals surface area contributed by atoms with Crippen molar-refractivity contribution in [2.24, 2.45) is 10.1 Å². The highest BCUT2D eigenvalue weighted by Crippen LogP contribution is 2.33. The lowest BCUT2D eigenvalue weighted by Crippen LogP contribution is -2.25. The van der Waals surface area contributed by atoms with Crippen LogP contribution >= 0.6 is 11.3 Å². The number of rotatable bonds is 4. The summed E-state index contributed by atoms with van der Waals surface area (Å²) in [7, 11) is 0. The first-order chi connectivity index (χ1) is 15.2. The molecule has 154 valence electrons. The largest absolute Gasteiger partial charge is 0.482 e. The van der Waals surface area contributed by atoms with Gasteiger partial charge in [-0.15, -0.1) is 11.3 Å². The van der Waals surface area contributed by atoms with Crippen LogP contribution in [0.4, 0.5) is 11.4 Å². The van der Waals surface area contributed by atoms with Crippen molar-refractivity contribution in [3.05, 3.63) is 82.4 Å². The Balaban J connectivity index is 1.64. The molecule has 31 heavy (non-hydrogen) atoms. The van der Waals surface area contributed by atoms with Crippen molar-refractivity contribution in [1.82, 2.24) is 4.68 Å². The van der Waals surface area contributed by atoms with Gasteiger partial charge in [-0.1, -0.05) is 18.2 Å². The number of furan rings is 1. The van der Waals surface area contributed by atoms with Gasteiger partial charge in [-0.25, -0.2) is 9.67 Å². The van der Waals surface area contributed by atoms with Gasteiger partial charge in [0.15, 0.2) is 6.61 Å². The topological polar surface area (TPSA) is 81.1 Å². The number of hydrogen-bond acceptors (Lipinski definition) is 6. The molecule has 0 fully saturated rings. The summed E-state index contributed by atoms with van der Waals surface area (Å²) in [5.41, 5.74) is 4.31. The number of thiazole rings is 1. The highest BCUT2D eigenvalue weighted by Gasteiger charge is 2.18. The molecule has 3 heterocycles. The summed E-state index contributed by atoms with van der Waals surface area (Å²) in [6.45, 7) is 2.05. The summed E-state index contributed by atoms with van der Waals surface area (Å²) in [5.74, 6) is 1.11. The number of carbonyl (C=O) groups is 1. The summed E-state index contributed by atoms with van der Waals surface area (Å²) in [6, 6.07) is 17.3. The van der Waals surface area contributed by atoms with E-state index in [-0.39, 0.29) is 12.5 Å². The first-order valence-electron chi connectivity index (χ1n) is 9.63. The fourth-order valence-electron chi connectivity index (χ4n) is 3.20.